The zero-order valence-electron chi connectivity index (χ0n) is 25.5. The van der Waals surface area contributed by atoms with Crippen LogP contribution in [0, 0.1) is 6.92 Å². The van der Waals surface area contributed by atoms with E-state index in [0.29, 0.717) is 11.5 Å². The van der Waals surface area contributed by atoms with Crippen LogP contribution < -0.4 is 15.0 Å². The molecule has 5 rings (SSSR count). The Morgan fingerprint density at radius 1 is 0.977 bits per heavy atom. The van der Waals surface area contributed by atoms with Gasteiger partial charge in [0, 0.05) is 20.5 Å². The maximum absolute atomic E-state index is 12.3. The van der Waals surface area contributed by atoms with Gasteiger partial charge >= 0.3 is 0 Å². The molecule has 1 aromatic heterocycles. The molecule has 1 aliphatic heterocycles. The van der Waals surface area contributed by atoms with Crippen molar-refractivity contribution >= 4 is 12.3 Å². The van der Waals surface area contributed by atoms with Crippen molar-refractivity contribution in [2.45, 2.75) is 37.4 Å². The van der Waals surface area contributed by atoms with Crippen molar-refractivity contribution in [1.82, 2.24) is 19.7 Å². The van der Waals surface area contributed by atoms with Gasteiger partial charge in [-0.25, -0.2) is 9.67 Å². The number of benzene rings is 3. The van der Waals surface area contributed by atoms with Gasteiger partial charge in [0.25, 0.3) is 11.5 Å². The van der Waals surface area contributed by atoms with E-state index in [1.54, 1.807) is 40.1 Å². The molecule has 2 heterocycles. The fourth-order valence-electron chi connectivity index (χ4n) is 5.22. The Bertz CT molecular complexity index is 1580. The maximum atomic E-state index is 12.3. The van der Waals surface area contributed by atoms with Gasteiger partial charge in [0.05, 0.1) is 33.3 Å². The maximum Gasteiger partial charge on any atom is 0.296 e. The lowest BCUT2D eigenvalue weighted by molar-refractivity contribution is -0.0957. The summed E-state index contributed by atoms with van der Waals surface area (Å²) >= 11 is 0. The van der Waals surface area contributed by atoms with Gasteiger partial charge in [-0.2, -0.15) is 10.1 Å². The molecule has 44 heavy (non-hydrogen) atoms. The largest absolute Gasteiger partial charge is 0.497 e. The van der Waals surface area contributed by atoms with E-state index >= 15 is 0 Å². The van der Waals surface area contributed by atoms with Crippen LogP contribution in [-0.4, -0.2) is 78.2 Å². The normalized spacial score (nSPS) is 18.5. The molecule has 0 spiro atoms. The van der Waals surface area contributed by atoms with Crippen molar-refractivity contribution < 1.29 is 24.1 Å². The monoisotopic (exact) mass is 599 g/mol. The zero-order chi connectivity index (χ0) is 31.3. The third-order valence-corrected chi connectivity index (χ3v) is 7.49. The first-order valence-corrected chi connectivity index (χ1v) is 14.2. The van der Waals surface area contributed by atoms with E-state index in [9.17, 15) is 9.90 Å². The summed E-state index contributed by atoms with van der Waals surface area (Å²) in [6, 6.07) is 25.4. The highest BCUT2D eigenvalue weighted by Gasteiger charge is 2.42. The second-order valence-electron chi connectivity index (χ2n) is 10.7. The van der Waals surface area contributed by atoms with Crippen molar-refractivity contribution in [3.8, 4) is 11.5 Å². The fraction of sp³-hybridized carbons (Fsp3) is 0.333. The van der Waals surface area contributed by atoms with E-state index in [1.165, 1.54) is 11.0 Å². The van der Waals surface area contributed by atoms with Crippen LogP contribution in [0.3, 0.4) is 0 Å². The summed E-state index contributed by atoms with van der Waals surface area (Å²) in [5.74, 6) is 1.52. The van der Waals surface area contributed by atoms with Crippen LogP contribution in [0.5, 0.6) is 11.5 Å². The summed E-state index contributed by atoms with van der Waals surface area (Å²) in [4.78, 5) is 22.4. The summed E-state index contributed by atoms with van der Waals surface area (Å²) < 4.78 is 25.6. The van der Waals surface area contributed by atoms with Crippen molar-refractivity contribution in [2.75, 3.05) is 34.9 Å². The van der Waals surface area contributed by atoms with E-state index in [1.807, 2.05) is 78.9 Å². The minimum atomic E-state index is -1.07. The number of nitrogens with zero attached hydrogens (tertiary/aromatic N) is 5. The highest BCUT2D eigenvalue weighted by Crippen LogP contribution is 2.43. The van der Waals surface area contributed by atoms with Crippen LogP contribution in [-0.2, 0) is 15.1 Å². The van der Waals surface area contributed by atoms with Gasteiger partial charge in [-0.3, -0.25) is 4.79 Å². The number of hydrogen-bond acceptors (Lipinski definition) is 9. The number of ether oxygens (including phenoxy) is 4. The van der Waals surface area contributed by atoms with E-state index in [2.05, 4.69) is 15.1 Å². The van der Waals surface area contributed by atoms with Crippen molar-refractivity contribution in [3.05, 3.63) is 112 Å². The predicted octanol–water partition coefficient (Wildman–Crippen LogP) is 3.84. The third-order valence-electron chi connectivity index (χ3n) is 7.49. The standard InChI is InChI=1S/C33H37N5O6/c1-22-31(40)35-32(34-21-37(2)3)38(36-22)30-19-28(39)29(44-30)20-43-33(23-9-7-6-8-10-23,24-11-15-26(41-4)16-12-24)25-13-17-27(42-5)18-14-25/h6-18,21,28-30,39H,19-20H2,1-5H3/b34-21+/t28-,29+,30+/m0/s1. The lowest BCUT2D eigenvalue weighted by Crippen LogP contribution is -2.38. The molecule has 11 nitrogen and oxygen atoms in total. The van der Waals surface area contributed by atoms with Gasteiger partial charge in [0.15, 0.2) is 6.23 Å². The van der Waals surface area contributed by atoms with Gasteiger partial charge in [-0.05, 0) is 47.9 Å². The summed E-state index contributed by atoms with van der Waals surface area (Å²) in [5.41, 5.74) is 1.27. The molecular weight excluding hydrogens is 562 g/mol. The Morgan fingerprint density at radius 3 is 2.09 bits per heavy atom. The Balaban J connectivity index is 1.52. The SMILES string of the molecule is COc1ccc(C(OC[C@H]2O[C@@H](n3nc(C)c(=O)nc3/N=C/N(C)C)C[C@@H]2O)(c2ccccc2)c2ccc(OC)cc2)cc1. The van der Waals surface area contributed by atoms with Crippen LogP contribution in [0.1, 0.15) is 35.0 Å². The van der Waals surface area contributed by atoms with Crippen LogP contribution in [0.15, 0.2) is 88.6 Å². The fourth-order valence-corrected chi connectivity index (χ4v) is 5.22. The average molecular weight is 600 g/mol. The highest BCUT2D eigenvalue weighted by molar-refractivity contribution is 5.57. The average Bonchev–Trinajstić information content (AvgIpc) is 3.42. The Hall–Kier alpha value is -4.58. The molecular formula is C33H37N5O6. The van der Waals surface area contributed by atoms with Crippen molar-refractivity contribution in [2.24, 2.45) is 4.99 Å². The number of rotatable bonds is 11. The number of methoxy groups -OCH3 is 2. The van der Waals surface area contributed by atoms with Crippen molar-refractivity contribution in [1.29, 1.82) is 0 Å². The number of aryl methyl sites for hydroxylation is 1. The smallest absolute Gasteiger partial charge is 0.296 e. The molecule has 0 aliphatic carbocycles. The van der Waals surface area contributed by atoms with Crippen LogP contribution in [0.25, 0.3) is 0 Å². The molecule has 1 fully saturated rings. The predicted molar refractivity (Wildman–Crippen MR) is 166 cm³/mol. The molecule has 1 N–H and O–H groups in total. The summed E-state index contributed by atoms with van der Waals surface area (Å²) in [7, 11) is 6.86. The molecule has 0 unspecified atom stereocenters. The first-order valence-electron chi connectivity index (χ1n) is 14.2. The van der Waals surface area contributed by atoms with Crippen molar-refractivity contribution in [3.63, 3.8) is 0 Å². The molecule has 1 aliphatic rings. The summed E-state index contributed by atoms with van der Waals surface area (Å²) in [5, 5.41) is 15.6. The summed E-state index contributed by atoms with van der Waals surface area (Å²) in [6.45, 7) is 1.61. The van der Waals surface area contributed by atoms with E-state index in [4.69, 9.17) is 18.9 Å². The molecule has 0 amide bonds. The lowest BCUT2D eigenvalue weighted by atomic mass is 9.80. The first kappa shape index (κ1) is 30.9. The second kappa shape index (κ2) is 13.4. The summed E-state index contributed by atoms with van der Waals surface area (Å²) in [6.07, 6.45) is -0.579. The molecule has 0 saturated carbocycles. The Morgan fingerprint density at radius 2 is 1.55 bits per heavy atom. The minimum absolute atomic E-state index is 0.0352. The number of hydrogen-bond donors (Lipinski definition) is 1. The number of aromatic nitrogens is 3. The zero-order valence-corrected chi connectivity index (χ0v) is 25.5. The van der Waals surface area contributed by atoms with Gasteiger partial charge in [0.2, 0.25) is 0 Å². The molecule has 230 valence electrons. The Kier molecular flexibility index (Phi) is 9.38. The molecule has 11 heteroatoms. The van der Waals surface area contributed by atoms with E-state index in [0.717, 1.165) is 16.7 Å². The van der Waals surface area contributed by atoms with Gasteiger partial charge in [-0.15, -0.1) is 0 Å². The number of aliphatic hydroxyl groups excluding tert-OH is 1. The second-order valence-corrected chi connectivity index (χ2v) is 10.7. The highest BCUT2D eigenvalue weighted by atomic mass is 16.6. The van der Waals surface area contributed by atoms with E-state index < -0.39 is 29.6 Å². The quantitative estimate of drug-likeness (QED) is 0.156. The van der Waals surface area contributed by atoms with Crippen LogP contribution in [0.2, 0.25) is 0 Å². The number of aliphatic hydroxyl groups is 1. The van der Waals surface area contributed by atoms with Gasteiger partial charge in [-0.1, -0.05) is 54.6 Å². The Labute approximate surface area is 256 Å². The van der Waals surface area contributed by atoms with Gasteiger partial charge in [0.1, 0.15) is 28.9 Å². The molecule has 1 saturated heterocycles. The first-order chi connectivity index (χ1) is 21.2. The molecule has 3 aromatic carbocycles. The topological polar surface area (TPSA) is 121 Å². The molecule has 0 bridgehead atoms. The van der Waals surface area contributed by atoms with Crippen LogP contribution >= 0.6 is 0 Å². The lowest BCUT2D eigenvalue weighted by Gasteiger charge is -2.37. The van der Waals surface area contributed by atoms with E-state index in [-0.39, 0.29) is 24.7 Å². The number of aliphatic imine (C=N–C) groups is 1. The third kappa shape index (κ3) is 6.35. The molecule has 4 aromatic rings. The van der Waals surface area contributed by atoms with Crippen LogP contribution in [0.4, 0.5) is 5.95 Å². The van der Waals surface area contributed by atoms with Gasteiger partial charge < -0.3 is 29.0 Å². The molecule has 3 atom stereocenters. The molecule has 0 radical (unpaired) electrons. The minimum Gasteiger partial charge on any atom is -0.497 e.